The predicted molar refractivity (Wildman–Crippen MR) is 95.4 cm³/mol. The Bertz CT molecular complexity index is 840. The molecule has 0 aliphatic carbocycles. The molecule has 0 radical (unpaired) electrons. The van der Waals surface area contributed by atoms with Gasteiger partial charge < -0.3 is 9.64 Å². The minimum absolute atomic E-state index is 0.147. The highest BCUT2D eigenvalue weighted by atomic mass is 19.4. The number of allylic oxidation sites excluding steroid dienone is 1. The molecule has 0 saturated carbocycles. The van der Waals surface area contributed by atoms with E-state index in [0.717, 1.165) is 12.1 Å². The molecule has 0 saturated heterocycles. The van der Waals surface area contributed by atoms with Crippen molar-refractivity contribution < 1.29 is 27.5 Å². The first-order valence-corrected chi connectivity index (χ1v) is 7.99. The molecule has 0 heterocycles. The van der Waals surface area contributed by atoms with E-state index in [2.05, 4.69) is 0 Å². The number of amides is 1. The second kappa shape index (κ2) is 8.53. The van der Waals surface area contributed by atoms with E-state index in [0.29, 0.717) is 16.9 Å². The highest BCUT2D eigenvalue weighted by Gasteiger charge is 2.29. The van der Waals surface area contributed by atoms with Crippen molar-refractivity contribution in [1.29, 1.82) is 0 Å². The number of ether oxygens (including phenoxy) is 1. The first kappa shape index (κ1) is 20.2. The van der Waals surface area contributed by atoms with E-state index in [1.165, 1.54) is 35.3 Å². The molecule has 7 heteroatoms. The molecular weight excluding hydrogens is 359 g/mol. The van der Waals surface area contributed by atoms with Gasteiger partial charge in [-0.05, 0) is 35.9 Å². The molecule has 4 nitrogen and oxygen atoms in total. The van der Waals surface area contributed by atoms with Gasteiger partial charge in [-0.25, -0.2) is 0 Å². The van der Waals surface area contributed by atoms with Crippen LogP contribution in [0, 0.1) is 0 Å². The Balaban J connectivity index is 2.04. The monoisotopic (exact) mass is 377 g/mol. The molecule has 0 unspecified atom stereocenters. The number of hydrogen-bond donors (Lipinski definition) is 0. The van der Waals surface area contributed by atoms with Crippen LogP contribution in [0.4, 0.5) is 13.2 Å². The van der Waals surface area contributed by atoms with Gasteiger partial charge in [0, 0.05) is 19.7 Å². The average Bonchev–Trinajstić information content (AvgIpc) is 2.63. The van der Waals surface area contributed by atoms with Gasteiger partial charge in [0.25, 0.3) is 5.91 Å². The summed E-state index contributed by atoms with van der Waals surface area (Å²) in [6.07, 6.45) is -1.69. The van der Waals surface area contributed by atoms with Gasteiger partial charge >= 0.3 is 6.18 Å². The van der Waals surface area contributed by atoms with E-state index in [9.17, 15) is 22.8 Å². The standard InChI is InChI=1S/C20H18F3NO3/c1-24(2)19(26)13-27-17-5-3-4-15(12-17)18(25)11-8-14-6-9-16(10-7-14)20(21,22)23/h3-12H,13H2,1-2H3. The van der Waals surface area contributed by atoms with Crippen molar-refractivity contribution in [2.45, 2.75) is 6.18 Å². The number of carbonyl (C=O) groups is 2. The Hall–Kier alpha value is -3.09. The van der Waals surface area contributed by atoms with Crippen LogP contribution in [-0.4, -0.2) is 37.3 Å². The van der Waals surface area contributed by atoms with E-state index >= 15 is 0 Å². The number of halogens is 3. The van der Waals surface area contributed by atoms with Crippen molar-refractivity contribution in [2.75, 3.05) is 20.7 Å². The molecular formula is C20H18F3NO3. The van der Waals surface area contributed by atoms with Gasteiger partial charge in [-0.1, -0.05) is 30.3 Å². The van der Waals surface area contributed by atoms with E-state index in [4.69, 9.17) is 4.74 Å². The maximum absolute atomic E-state index is 12.5. The lowest BCUT2D eigenvalue weighted by Gasteiger charge is -2.11. The number of benzene rings is 2. The molecule has 0 spiro atoms. The molecule has 1 amide bonds. The molecule has 0 fully saturated rings. The molecule has 142 valence electrons. The fraction of sp³-hybridized carbons (Fsp3) is 0.200. The second-order valence-electron chi connectivity index (χ2n) is 5.92. The van der Waals surface area contributed by atoms with Crippen LogP contribution in [0.25, 0.3) is 6.08 Å². The fourth-order valence-electron chi connectivity index (χ4n) is 2.06. The zero-order valence-electron chi connectivity index (χ0n) is 14.8. The number of ketones is 1. The predicted octanol–water partition coefficient (Wildman–Crippen LogP) is 4.07. The zero-order chi connectivity index (χ0) is 20.0. The van der Waals surface area contributed by atoms with Crippen molar-refractivity contribution in [3.8, 4) is 5.75 Å². The molecule has 0 atom stereocenters. The highest BCUT2D eigenvalue weighted by Crippen LogP contribution is 2.29. The summed E-state index contributed by atoms with van der Waals surface area (Å²) in [5.41, 5.74) is 0.0661. The molecule has 0 N–H and O–H groups in total. The number of alkyl halides is 3. The Morgan fingerprint density at radius 1 is 1.07 bits per heavy atom. The topological polar surface area (TPSA) is 46.6 Å². The van der Waals surface area contributed by atoms with Crippen molar-refractivity contribution in [2.24, 2.45) is 0 Å². The zero-order valence-corrected chi connectivity index (χ0v) is 14.8. The number of carbonyl (C=O) groups excluding carboxylic acids is 2. The summed E-state index contributed by atoms with van der Waals surface area (Å²) in [4.78, 5) is 25.2. The van der Waals surface area contributed by atoms with Gasteiger partial charge in [0.15, 0.2) is 12.4 Å². The number of likely N-dealkylation sites (N-methyl/N-ethyl adjacent to an activating group) is 1. The highest BCUT2D eigenvalue weighted by molar-refractivity contribution is 6.07. The number of rotatable bonds is 6. The maximum atomic E-state index is 12.5. The van der Waals surface area contributed by atoms with Gasteiger partial charge in [0.2, 0.25) is 0 Å². The van der Waals surface area contributed by atoms with Crippen LogP contribution in [0.1, 0.15) is 21.5 Å². The first-order valence-electron chi connectivity index (χ1n) is 7.99. The van der Waals surface area contributed by atoms with Crippen molar-refractivity contribution in [3.63, 3.8) is 0 Å². The summed E-state index contributed by atoms with van der Waals surface area (Å²) >= 11 is 0. The fourth-order valence-corrected chi connectivity index (χ4v) is 2.06. The molecule has 0 aliphatic rings. The SMILES string of the molecule is CN(C)C(=O)COc1cccc(C(=O)C=Cc2ccc(C(F)(F)F)cc2)c1. The van der Waals surface area contributed by atoms with Crippen molar-refractivity contribution in [1.82, 2.24) is 4.90 Å². The molecule has 2 rings (SSSR count). The second-order valence-corrected chi connectivity index (χ2v) is 5.92. The minimum Gasteiger partial charge on any atom is -0.484 e. The Morgan fingerprint density at radius 3 is 2.33 bits per heavy atom. The van der Waals surface area contributed by atoms with Gasteiger partial charge in [0.1, 0.15) is 5.75 Å². The summed E-state index contributed by atoms with van der Waals surface area (Å²) in [5.74, 6) is -0.174. The third kappa shape index (κ3) is 5.99. The minimum atomic E-state index is -4.40. The van der Waals surface area contributed by atoms with E-state index < -0.39 is 11.7 Å². The van der Waals surface area contributed by atoms with E-state index in [-0.39, 0.29) is 18.3 Å². The summed E-state index contributed by atoms with van der Waals surface area (Å²) in [5, 5.41) is 0. The summed E-state index contributed by atoms with van der Waals surface area (Å²) in [6.45, 7) is -0.147. The Kier molecular flexibility index (Phi) is 6.39. The van der Waals surface area contributed by atoms with Crippen molar-refractivity contribution in [3.05, 3.63) is 71.3 Å². The number of nitrogens with zero attached hydrogens (tertiary/aromatic N) is 1. The first-order chi connectivity index (χ1) is 12.7. The third-order valence-electron chi connectivity index (χ3n) is 3.64. The molecule has 0 aromatic heterocycles. The van der Waals surface area contributed by atoms with E-state index in [1.807, 2.05) is 0 Å². The van der Waals surface area contributed by atoms with Gasteiger partial charge in [0.05, 0.1) is 5.56 Å². The molecule has 2 aromatic rings. The summed E-state index contributed by atoms with van der Waals surface area (Å²) in [7, 11) is 3.22. The maximum Gasteiger partial charge on any atom is 0.416 e. The van der Waals surface area contributed by atoms with Crippen LogP contribution in [0.3, 0.4) is 0 Å². The third-order valence-corrected chi connectivity index (χ3v) is 3.64. The Labute approximate surface area is 154 Å². The summed E-state index contributed by atoms with van der Waals surface area (Å²) < 4.78 is 43.0. The number of hydrogen-bond acceptors (Lipinski definition) is 3. The molecule has 0 aliphatic heterocycles. The largest absolute Gasteiger partial charge is 0.484 e. The van der Waals surface area contributed by atoms with Crippen LogP contribution in [0.15, 0.2) is 54.6 Å². The van der Waals surface area contributed by atoms with Crippen LogP contribution < -0.4 is 4.74 Å². The molecule has 0 bridgehead atoms. The quantitative estimate of drug-likeness (QED) is 0.563. The van der Waals surface area contributed by atoms with Gasteiger partial charge in [-0.15, -0.1) is 0 Å². The lowest BCUT2D eigenvalue weighted by Crippen LogP contribution is -2.27. The normalized spacial score (nSPS) is 11.4. The molecule has 2 aromatic carbocycles. The average molecular weight is 377 g/mol. The lowest BCUT2D eigenvalue weighted by atomic mass is 10.1. The van der Waals surface area contributed by atoms with Crippen LogP contribution >= 0.6 is 0 Å². The van der Waals surface area contributed by atoms with Crippen LogP contribution in [0.5, 0.6) is 5.75 Å². The van der Waals surface area contributed by atoms with E-state index in [1.54, 1.807) is 32.3 Å². The van der Waals surface area contributed by atoms with Crippen LogP contribution in [-0.2, 0) is 11.0 Å². The smallest absolute Gasteiger partial charge is 0.416 e. The van der Waals surface area contributed by atoms with Crippen LogP contribution in [0.2, 0.25) is 0 Å². The Morgan fingerprint density at radius 2 is 1.74 bits per heavy atom. The van der Waals surface area contributed by atoms with Gasteiger partial charge in [-0.3, -0.25) is 9.59 Å². The lowest BCUT2D eigenvalue weighted by molar-refractivity contribution is -0.137. The summed E-state index contributed by atoms with van der Waals surface area (Å²) in [6, 6.07) is 10.8. The van der Waals surface area contributed by atoms with Gasteiger partial charge in [-0.2, -0.15) is 13.2 Å². The van der Waals surface area contributed by atoms with Crippen molar-refractivity contribution >= 4 is 17.8 Å². The molecule has 27 heavy (non-hydrogen) atoms.